The smallest absolute Gasteiger partial charge is 0.340 e. The predicted octanol–water partition coefficient (Wildman–Crippen LogP) is 3.23. The van der Waals surface area contributed by atoms with Crippen LogP contribution in [0.15, 0.2) is 47.4 Å². The standard InChI is InChI=1S/C21H26ClN3O5S/c1-5-25(6-2)31(28,29)17-11-12-19(22)18(13-17)21(27)30-14-20(26)23-15-7-9-16(10-8-15)24(3)4/h7-13H,5-6,14H2,1-4H3,(H,23,26). The number of carbonyl (C=O) groups is 2. The Morgan fingerprint density at radius 1 is 1.03 bits per heavy atom. The minimum atomic E-state index is -3.77. The predicted molar refractivity (Wildman–Crippen MR) is 121 cm³/mol. The van der Waals surface area contributed by atoms with Crippen molar-refractivity contribution in [2.24, 2.45) is 0 Å². The van der Waals surface area contributed by atoms with E-state index in [1.807, 2.05) is 31.1 Å². The summed E-state index contributed by atoms with van der Waals surface area (Å²) in [6.07, 6.45) is 0. The zero-order valence-electron chi connectivity index (χ0n) is 17.9. The molecular formula is C21H26ClN3O5S. The minimum Gasteiger partial charge on any atom is -0.452 e. The van der Waals surface area contributed by atoms with Crippen LogP contribution in [0.3, 0.4) is 0 Å². The largest absolute Gasteiger partial charge is 0.452 e. The van der Waals surface area contributed by atoms with Gasteiger partial charge in [-0.2, -0.15) is 4.31 Å². The number of nitrogens with one attached hydrogen (secondary N) is 1. The first-order valence-corrected chi connectivity index (χ1v) is 11.5. The fourth-order valence-corrected chi connectivity index (χ4v) is 4.46. The molecule has 2 aromatic rings. The van der Waals surface area contributed by atoms with Crippen molar-refractivity contribution in [1.82, 2.24) is 4.31 Å². The van der Waals surface area contributed by atoms with E-state index >= 15 is 0 Å². The highest BCUT2D eigenvalue weighted by Gasteiger charge is 2.24. The van der Waals surface area contributed by atoms with Crippen molar-refractivity contribution in [3.63, 3.8) is 0 Å². The maximum absolute atomic E-state index is 12.7. The van der Waals surface area contributed by atoms with Crippen LogP contribution < -0.4 is 10.2 Å². The highest BCUT2D eigenvalue weighted by molar-refractivity contribution is 7.89. The van der Waals surface area contributed by atoms with Crippen LogP contribution in [0.4, 0.5) is 11.4 Å². The van der Waals surface area contributed by atoms with Crippen LogP contribution >= 0.6 is 11.6 Å². The van der Waals surface area contributed by atoms with Crippen molar-refractivity contribution in [2.75, 3.05) is 44.0 Å². The number of nitrogens with zero attached hydrogens (tertiary/aromatic N) is 2. The monoisotopic (exact) mass is 467 g/mol. The van der Waals surface area contributed by atoms with E-state index < -0.39 is 28.5 Å². The molecule has 0 radical (unpaired) electrons. The molecule has 1 amide bonds. The number of hydrogen-bond donors (Lipinski definition) is 1. The van der Waals surface area contributed by atoms with Crippen molar-refractivity contribution in [3.05, 3.63) is 53.1 Å². The van der Waals surface area contributed by atoms with Gasteiger partial charge in [0.25, 0.3) is 5.91 Å². The topological polar surface area (TPSA) is 96.0 Å². The van der Waals surface area contributed by atoms with Gasteiger partial charge in [-0.25, -0.2) is 13.2 Å². The summed E-state index contributed by atoms with van der Waals surface area (Å²) in [7, 11) is 0.0349. The molecule has 0 aliphatic rings. The van der Waals surface area contributed by atoms with Crippen molar-refractivity contribution in [2.45, 2.75) is 18.7 Å². The third-order valence-corrected chi connectivity index (χ3v) is 6.88. The lowest BCUT2D eigenvalue weighted by molar-refractivity contribution is -0.119. The van der Waals surface area contributed by atoms with Crippen LogP contribution in [0.2, 0.25) is 5.02 Å². The average Bonchev–Trinajstić information content (AvgIpc) is 2.73. The molecule has 0 aromatic heterocycles. The lowest BCUT2D eigenvalue weighted by Crippen LogP contribution is -2.30. The Bertz CT molecular complexity index is 1040. The molecule has 0 aliphatic carbocycles. The maximum atomic E-state index is 12.7. The Morgan fingerprint density at radius 2 is 1.65 bits per heavy atom. The van der Waals surface area contributed by atoms with E-state index in [0.29, 0.717) is 5.69 Å². The quantitative estimate of drug-likeness (QED) is 0.569. The van der Waals surface area contributed by atoms with Gasteiger partial charge in [-0.3, -0.25) is 4.79 Å². The number of halogens is 1. The molecule has 0 atom stereocenters. The molecule has 0 saturated carbocycles. The first-order chi connectivity index (χ1) is 14.6. The molecule has 1 N–H and O–H groups in total. The summed E-state index contributed by atoms with van der Waals surface area (Å²) in [4.78, 5) is 26.4. The van der Waals surface area contributed by atoms with Gasteiger partial charge in [0.2, 0.25) is 10.0 Å². The fourth-order valence-electron chi connectivity index (χ4n) is 2.78. The SMILES string of the molecule is CCN(CC)S(=O)(=O)c1ccc(Cl)c(C(=O)OCC(=O)Nc2ccc(N(C)C)cc2)c1. The third kappa shape index (κ3) is 6.19. The second-order valence-corrected chi connectivity index (χ2v) is 9.14. The van der Waals surface area contributed by atoms with E-state index in [-0.39, 0.29) is 28.6 Å². The van der Waals surface area contributed by atoms with Gasteiger partial charge in [-0.05, 0) is 42.5 Å². The fraction of sp³-hybridized carbons (Fsp3) is 0.333. The van der Waals surface area contributed by atoms with E-state index in [1.54, 1.807) is 26.0 Å². The Hall–Kier alpha value is -2.62. The molecule has 0 bridgehead atoms. The van der Waals surface area contributed by atoms with Gasteiger partial charge in [0.1, 0.15) is 0 Å². The molecular weight excluding hydrogens is 442 g/mol. The summed E-state index contributed by atoms with van der Waals surface area (Å²) in [6, 6.07) is 10.9. The first kappa shape index (κ1) is 24.6. The molecule has 0 saturated heterocycles. The minimum absolute atomic E-state index is 0.0307. The molecule has 2 rings (SSSR count). The lowest BCUT2D eigenvalue weighted by Gasteiger charge is -2.19. The summed E-state index contributed by atoms with van der Waals surface area (Å²) in [5.74, 6) is -1.42. The van der Waals surface area contributed by atoms with E-state index in [2.05, 4.69) is 5.32 Å². The molecule has 0 fully saturated rings. The number of carbonyl (C=O) groups excluding carboxylic acids is 2. The number of esters is 1. The average molecular weight is 468 g/mol. The summed E-state index contributed by atoms with van der Waals surface area (Å²) < 4.78 is 31.7. The summed E-state index contributed by atoms with van der Waals surface area (Å²) in [6.45, 7) is 3.48. The highest BCUT2D eigenvalue weighted by atomic mass is 35.5. The van der Waals surface area contributed by atoms with Crippen LogP contribution in [0.1, 0.15) is 24.2 Å². The number of amides is 1. The number of benzene rings is 2. The number of ether oxygens (including phenoxy) is 1. The molecule has 0 heterocycles. The Labute approximate surface area is 187 Å². The van der Waals surface area contributed by atoms with Crippen LogP contribution in [0.25, 0.3) is 0 Å². The van der Waals surface area contributed by atoms with Gasteiger partial charge in [0, 0.05) is 38.6 Å². The van der Waals surface area contributed by atoms with Crippen LogP contribution in [-0.4, -0.2) is 58.4 Å². The Balaban J connectivity index is 2.07. The summed E-state index contributed by atoms with van der Waals surface area (Å²) in [5, 5.41) is 2.66. The van der Waals surface area contributed by atoms with E-state index in [9.17, 15) is 18.0 Å². The molecule has 168 valence electrons. The summed E-state index contributed by atoms with van der Waals surface area (Å²) >= 11 is 6.06. The van der Waals surface area contributed by atoms with Gasteiger partial charge in [0.05, 0.1) is 15.5 Å². The molecule has 0 unspecified atom stereocenters. The van der Waals surface area contributed by atoms with Crippen LogP contribution in [-0.2, 0) is 19.6 Å². The van der Waals surface area contributed by atoms with Gasteiger partial charge in [0.15, 0.2) is 6.61 Å². The molecule has 2 aromatic carbocycles. The van der Waals surface area contributed by atoms with E-state index in [4.69, 9.17) is 16.3 Å². The third-order valence-electron chi connectivity index (χ3n) is 4.50. The van der Waals surface area contributed by atoms with Crippen molar-refractivity contribution >= 4 is 44.9 Å². The van der Waals surface area contributed by atoms with Crippen molar-refractivity contribution < 1.29 is 22.7 Å². The van der Waals surface area contributed by atoms with Gasteiger partial charge in [-0.1, -0.05) is 25.4 Å². The second kappa shape index (κ2) is 10.6. The maximum Gasteiger partial charge on any atom is 0.340 e. The van der Waals surface area contributed by atoms with E-state index in [0.717, 1.165) is 11.8 Å². The molecule has 0 aliphatic heterocycles. The Morgan fingerprint density at radius 3 is 2.19 bits per heavy atom. The van der Waals surface area contributed by atoms with Gasteiger partial charge < -0.3 is 15.0 Å². The zero-order valence-corrected chi connectivity index (χ0v) is 19.5. The van der Waals surface area contributed by atoms with Gasteiger partial charge in [-0.15, -0.1) is 0 Å². The first-order valence-electron chi connectivity index (χ1n) is 9.64. The molecule has 0 spiro atoms. The van der Waals surface area contributed by atoms with E-state index in [1.165, 1.54) is 16.4 Å². The van der Waals surface area contributed by atoms with Gasteiger partial charge >= 0.3 is 5.97 Å². The highest BCUT2D eigenvalue weighted by Crippen LogP contribution is 2.24. The number of rotatable bonds is 9. The zero-order chi connectivity index (χ0) is 23.2. The normalized spacial score (nSPS) is 11.3. The number of anilines is 2. The Kier molecular flexibility index (Phi) is 8.43. The number of hydrogen-bond acceptors (Lipinski definition) is 6. The van der Waals surface area contributed by atoms with Crippen molar-refractivity contribution in [1.29, 1.82) is 0 Å². The van der Waals surface area contributed by atoms with Crippen molar-refractivity contribution in [3.8, 4) is 0 Å². The van der Waals surface area contributed by atoms with Crippen LogP contribution in [0, 0.1) is 0 Å². The van der Waals surface area contributed by atoms with Crippen LogP contribution in [0.5, 0.6) is 0 Å². The lowest BCUT2D eigenvalue weighted by atomic mass is 10.2. The number of sulfonamides is 1. The molecule has 10 heteroatoms. The second-order valence-electron chi connectivity index (χ2n) is 6.80. The molecule has 31 heavy (non-hydrogen) atoms. The summed E-state index contributed by atoms with van der Waals surface area (Å²) in [5.41, 5.74) is 1.40. The molecule has 8 nitrogen and oxygen atoms in total.